The minimum atomic E-state index is -0.0876. The Morgan fingerprint density at radius 1 is 1.63 bits per heavy atom. The first kappa shape index (κ1) is 13.9. The highest BCUT2D eigenvalue weighted by molar-refractivity contribution is 5.74. The van der Waals surface area contributed by atoms with Gasteiger partial charge in [0.1, 0.15) is 5.76 Å². The number of urea groups is 1. The molecule has 2 atom stereocenters. The van der Waals surface area contributed by atoms with Gasteiger partial charge >= 0.3 is 6.03 Å². The molecule has 0 aromatic carbocycles. The predicted octanol–water partition coefficient (Wildman–Crippen LogP) is 1.93. The van der Waals surface area contributed by atoms with Crippen LogP contribution in [0.3, 0.4) is 0 Å². The fraction of sp³-hybridized carbons (Fsp3) is 0.643. The van der Waals surface area contributed by atoms with Crippen LogP contribution in [-0.2, 0) is 0 Å². The van der Waals surface area contributed by atoms with E-state index in [1.807, 2.05) is 24.0 Å². The monoisotopic (exact) mass is 265 g/mol. The lowest BCUT2D eigenvalue weighted by atomic mass is 10.1. The third-order valence-electron chi connectivity index (χ3n) is 3.51. The fourth-order valence-electron chi connectivity index (χ4n) is 2.57. The van der Waals surface area contributed by atoms with E-state index in [4.69, 9.17) is 4.42 Å². The lowest BCUT2D eigenvalue weighted by Crippen LogP contribution is -2.40. The van der Waals surface area contributed by atoms with Crippen molar-refractivity contribution in [1.29, 1.82) is 0 Å². The van der Waals surface area contributed by atoms with Crippen molar-refractivity contribution in [1.82, 2.24) is 15.1 Å². The average Bonchev–Trinajstić information content (AvgIpc) is 2.97. The van der Waals surface area contributed by atoms with E-state index in [-0.39, 0.29) is 12.1 Å². The molecule has 2 rings (SSSR count). The average molecular weight is 265 g/mol. The molecule has 1 aromatic rings. The molecule has 1 fully saturated rings. The van der Waals surface area contributed by atoms with Crippen molar-refractivity contribution in [2.24, 2.45) is 5.92 Å². The van der Waals surface area contributed by atoms with E-state index >= 15 is 0 Å². The van der Waals surface area contributed by atoms with Crippen molar-refractivity contribution in [3.63, 3.8) is 0 Å². The molecular weight excluding hydrogens is 242 g/mol. The topological polar surface area (TPSA) is 48.7 Å². The van der Waals surface area contributed by atoms with E-state index in [1.165, 1.54) is 0 Å². The molecule has 19 heavy (non-hydrogen) atoms. The Hall–Kier alpha value is -1.49. The number of carbonyl (C=O) groups excluding carboxylic acids is 1. The maximum absolute atomic E-state index is 12.1. The van der Waals surface area contributed by atoms with Crippen LogP contribution in [0.4, 0.5) is 4.79 Å². The second-order valence-electron chi connectivity index (χ2n) is 5.55. The van der Waals surface area contributed by atoms with E-state index in [1.54, 1.807) is 6.26 Å². The molecule has 1 aliphatic rings. The third-order valence-corrected chi connectivity index (χ3v) is 3.51. The van der Waals surface area contributed by atoms with Crippen molar-refractivity contribution in [3.8, 4) is 0 Å². The summed E-state index contributed by atoms with van der Waals surface area (Å²) in [5, 5.41) is 2.98. The summed E-state index contributed by atoms with van der Waals surface area (Å²) in [4.78, 5) is 16.2. The van der Waals surface area contributed by atoms with Crippen LogP contribution in [0.1, 0.15) is 25.1 Å². The highest BCUT2D eigenvalue weighted by Crippen LogP contribution is 2.18. The highest BCUT2D eigenvalue weighted by atomic mass is 16.3. The summed E-state index contributed by atoms with van der Waals surface area (Å²) in [5.41, 5.74) is 0. The zero-order valence-corrected chi connectivity index (χ0v) is 11.9. The van der Waals surface area contributed by atoms with E-state index < -0.39 is 0 Å². The summed E-state index contributed by atoms with van der Waals surface area (Å²) in [6.07, 6.45) is 2.71. The summed E-state index contributed by atoms with van der Waals surface area (Å²) in [7, 11) is 4.14. The molecule has 5 heteroatoms. The summed E-state index contributed by atoms with van der Waals surface area (Å²) < 4.78 is 5.29. The lowest BCUT2D eigenvalue weighted by Gasteiger charge is -2.21. The smallest absolute Gasteiger partial charge is 0.317 e. The van der Waals surface area contributed by atoms with Crippen molar-refractivity contribution in [2.45, 2.75) is 19.4 Å². The minimum absolute atomic E-state index is 0.00477. The number of rotatable bonds is 4. The molecule has 0 saturated carbocycles. The van der Waals surface area contributed by atoms with Gasteiger partial charge in [0, 0.05) is 19.6 Å². The molecule has 2 heterocycles. The van der Waals surface area contributed by atoms with Crippen LogP contribution in [0.15, 0.2) is 22.8 Å². The molecular formula is C14H23N3O2. The SMILES string of the molecule is C[C@H](NC(=O)N1CC[C@@H](CN(C)C)C1)c1ccco1. The zero-order chi connectivity index (χ0) is 13.8. The standard InChI is InChI=1S/C14H23N3O2/c1-11(13-5-4-8-19-13)15-14(18)17-7-6-12(10-17)9-16(2)3/h4-5,8,11-12H,6-7,9-10H2,1-3H3,(H,15,18)/t11-,12-/m0/s1. The second kappa shape index (κ2) is 6.10. The molecule has 0 radical (unpaired) electrons. The fourth-order valence-corrected chi connectivity index (χ4v) is 2.57. The number of nitrogens with one attached hydrogen (secondary N) is 1. The van der Waals surface area contributed by atoms with Crippen molar-refractivity contribution in [3.05, 3.63) is 24.2 Å². The van der Waals surface area contributed by atoms with Gasteiger partial charge in [0.2, 0.25) is 0 Å². The predicted molar refractivity (Wildman–Crippen MR) is 73.9 cm³/mol. The maximum Gasteiger partial charge on any atom is 0.317 e. The van der Waals surface area contributed by atoms with Crippen LogP contribution >= 0.6 is 0 Å². The normalized spacial score (nSPS) is 20.8. The Morgan fingerprint density at radius 3 is 3.05 bits per heavy atom. The molecule has 1 saturated heterocycles. The van der Waals surface area contributed by atoms with Crippen molar-refractivity contribution >= 4 is 6.03 Å². The highest BCUT2D eigenvalue weighted by Gasteiger charge is 2.27. The van der Waals surface area contributed by atoms with E-state index in [0.29, 0.717) is 5.92 Å². The van der Waals surface area contributed by atoms with Gasteiger partial charge < -0.3 is 19.5 Å². The summed E-state index contributed by atoms with van der Waals surface area (Å²) in [6.45, 7) is 4.66. The molecule has 1 aromatic heterocycles. The van der Waals surface area contributed by atoms with Gasteiger partial charge in [-0.15, -0.1) is 0 Å². The molecule has 1 aliphatic heterocycles. The Kier molecular flexibility index (Phi) is 4.47. The van der Waals surface area contributed by atoms with Gasteiger partial charge in [-0.25, -0.2) is 4.79 Å². The summed E-state index contributed by atoms with van der Waals surface area (Å²) in [6, 6.07) is 3.63. The largest absolute Gasteiger partial charge is 0.467 e. The summed E-state index contributed by atoms with van der Waals surface area (Å²) in [5.74, 6) is 1.37. The zero-order valence-electron chi connectivity index (χ0n) is 11.9. The van der Waals surface area contributed by atoms with Crippen molar-refractivity contribution < 1.29 is 9.21 Å². The van der Waals surface area contributed by atoms with E-state index in [2.05, 4.69) is 24.3 Å². The quantitative estimate of drug-likeness (QED) is 0.905. The first-order valence-corrected chi connectivity index (χ1v) is 6.80. The third kappa shape index (κ3) is 3.73. The minimum Gasteiger partial charge on any atom is -0.467 e. The Labute approximate surface area is 114 Å². The van der Waals surface area contributed by atoms with Gasteiger partial charge in [-0.2, -0.15) is 0 Å². The molecule has 5 nitrogen and oxygen atoms in total. The lowest BCUT2D eigenvalue weighted by molar-refractivity contribution is 0.200. The Balaban J connectivity index is 1.81. The molecule has 0 spiro atoms. The van der Waals surface area contributed by atoms with Crippen LogP contribution < -0.4 is 5.32 Å². The maximum atomic E-state index is 12.1. The van der Waals surface area contributed by atoms with Gasteiger partial charge in [0.25, 0.3) is 0 Å². The number of furan rings is 1. The number of hydrogen-bond donors (Lipinski definition) is 1. The second-order valence-corrected chi connectivity index (χ2v) is 5.55. The number of likely N-dealkylation sites (tertiary alicyclic amines) is 1. The molecule has 106 valence electrons. The Morgan fingerprint density at radius 2 is 2.42 bits per heavy atom. The van der Waals surface area contributed by atoms with Crippen molar-refractivity contribution in [2.75, 3.05) is 33.7 Å². The van der Waals surface area contributed by atoms with E-state index in [0.717, 1.165) is 31.8 Å². The van der Waals surface area contributed by atoms with Gasteiger partial charge in [0.15, 0.2) is 0 Å². The number of nitrogens with zero attached hydrogens (tertiary/aromatic N) is 2. The van der Waals surface area contributed by atoms with Gasteiger partial charge in [-0.05, 0) is 45.5 Å². The van der Waals surface area contributed by atoms with Crippen LogP contribution in [0.25, 0.3) is 0 Å². The number of hydrogen-bond acceptors (Lipinski definition) is 3. The molecule has 1 N–H and O–H groups in total. The molecule has 2 amide bonds. The molecule has 0 bridgehead atoms. The van der Waals surface area contributed by atoms with Crippen LogP contribution in [-0.4, -0.2) is 49.6 Å². The van der Waals surface area contributed by atoms with Crippen LogP contribution in [0.5, 0.6) is 0 Å². The number of carbonyl (C=O) groups is 1. The van der Waals surface area contributed by atoms with Gasteiger partial charge in [0.05, 0.1) is 12.3 Å². The van der Waals surface area contributed by atoms with Crippen LogP contribution in [0.2, 0.25) is 0 Å². The van der Waals surface area contributed by atoms with Gasteiger partial charge in [-0.1, -0.05) is 0 Å². The first-order chi connectivity index (χ1) is 9.06. The van der Waals surface area contributed by atoms with Gasteiger partial charge in [-0.3, -0.25) is 0 Å². The first-order valence-electron chi connectivity index (χ1n) is 6.80. The Bertz CT molecular complexity index is 403. The van der Waals surface area contributed by atoms with E-state index in [9.17, 15) is 4.79 Å². The molecule has 0 aliphatic carbocycles. The van der Waals surface area contributed by atoms with Crippen LogP contribution in [0, 0.1) is 5.92 Å². The summed E-state index contributed by atoms with van der Waals surface area (Å²) >= 11 is 0. The molecule has 0 unspecified atom stereocenters. The number of amides is 2.